The number of halogens is 3. The summed E-state index contributed by atoms with van der Waals surface area (Å²) in [5.41, 5.74) is 3.90. The molecule has 1 aliphatic heterocycles. The van der Waals surface area contributed by atoms with Gasteiger partial charge >= 0.3 is 13.5 Å². The van der Waals surface area contributed by atoms with Crippen molar-refractivity contribution in [2.24, 2.45) is 0 Å². The van der Waals surface area contributed by atoms with E-state index >= 15 is 0 Å². The molecule has 4 atom stereocenters. The van der Waals surface area contributed by atoms with Crippen molar-refractivity contribution in [3.05, 3.63) is 22.5 Å². The predicted molar refractivity (Wildman–Crippen MR) is 73.5 cm³/mol. The highest BCUT2D eigenvalue weighted by molar-refractivity contribution is 9.09. The fraction of sp³-hybridized carbons (Fsp3) is 0.556. The Morgan fingerprint density at radius 2 is 2.22 bits per heavy atom. The Bertz CT molecular complexity index is 715. The van der Waals surface area contributed by atoms with Crippen LogP contribution in [0.2, 0.25) is 0 Å². The quantitative estimate of drug-likeness (QED) is 0.367. The average Bonchev–Trinajstić information content (AvgIpc) is 2.67. The maximum Gasteiger partial charge on any atom is 0.472 e. The number of aliphatic hydroxyl groups excluding tert-OH is 1. The third-order valence-electron chi connectivity index (χ3n) is 3.01. The molecule has 0 spiro atoms. The Morgan fingerprint density at radius 3 is 2.74 bits per heavy atom. The van der Waals surface area contributed by atoms with E-state index in [1.54, 1.807) is 0 Å². The summed E-state index contributed by atoms with van der Waals surface area (Å²) in [4.78, 5) is 32.5. The van der Waals surface area contributed by atoms with Crippen LogP contribution in [0.5, 0.6) is 0 Å². The maximum absolute atomic E-state index is 14.3. The number of aromatic nitrogens is 2. The summed E-state index contributed by atoms with van der Waals surface area (Å²) in [6.45, 7) is 0. The number of nitrogen functional groups attached to an aromatic ring is 1. The number of phosphoric acid groups is 1. The Balaban J connectivity index is 2.45. The van der Waals surface area contributed by atoms with Gasteiger partial charge in [0.25, 0.3) is 0 Å². The summed E-state index contributed by atoms with van der Waals surface area (Å²) in [6, 6.07) is 0. The molecule has 23 heavy (non-hydrogen) atoms. The van der Waals surface area contributed by atoms with Gasteiger partial charge in [0.15, 0.2) is 24.0 Å². The monoisotopic (exact) mass is 421 g/mol. The standard InChI is InChI=1S/C9H11BrF2N3O7P/c10-2-9(22-23(18,19)20)5(16)4(12)7(21-9)15-1-3(11)6(13)14-8(15)17/h1,4-5,7,16H,2H2,(H2,13,14,17)(H2,18,19,20)/t4-,5-,7+,9-/m0/s1. The van der Waals surface area contributed by atoms with Crippen LogP contribution in [-0.4, -0.2) is 47.8 Å². The molecule has 2 heterocycles. The van der Waals surface area contributed by atoms with Crippen molar-refractivity contribution < 1.29 is 37.5 Å². The van der Waals surface area contributed by atoms with Gasteiger partial charge in [0.05, 0.1) is 11.5 Å². The van der Waals surface area contributed by atoms with E-state index in [1.807, 2.05) is 0 Å². The molecule has 2 rings (SSSR count). The van der Waals surface area contributed by atoms with Crippen LogP contribution in [0, 0.1) is 5.82 Å². The van der Waals surface area contributed by atoms with Crippen LogP contribution >= 0.6 is 23.8 Å². The van der Waals surface area contributed by atoms with Crippen molar-refractivity contribution in [2.75, 3.05) is 11.1 Å². The second-order valence-corrected chi connectivity index (χ2v) is 6.31. The van der Waals surface area contributed by atoms with Crippen LogP contribution in [0.15, 0.2) is 11.0 Å². The van der Waals surface area contributed by atoms with Crippen LogP contribution in [0.1, 0.15) is 6.23 Å². The van der Waals surface area contributed by atoms with Crippen LogP contribution in [0.4, 0.5) is 14.6 Å². The largest absolute Gasteiger partial charge is 0.472 e. The van der Waals surface area contributed by atoms with Crippen molar-refractivity contribution in [3.8, 4) is 0 Å². The van der Waals surface area contributed by atoms with E-state index in [0.717, 1.165) is 0 Å². The number of hydrogen-bond acceptors (Lipinski definition) is 7. The molecular formula is C9H11BrF2N3O7P. The first kappa shape index (κ1) is 18.4. The van der Waals surface area contributed by atoms with E-state index in [4.69, 9.17) is 20.3 Å². The third-order valence-corrected chi connectivity index (χ3v) is 4.34. The summed E-state index contributed by atoms with van der Waals surface area (Å²) in [5.74, 6) is -4.37. The Kier molecular flexibility index (Phi) is 4.93. The van der Waals surface area contributed by atoms with Gasteiger partial charge in [0.2, 0.25) is 5.79 Å². The third kappa shape index (κ3) is 3.45. The summed E-state index contributed by atoms with van der Waals surface area (Å²) >= 11 is 2.78. The van der Waals surface area contributed by atoms with Gasteiger partial charge in [-0.2, -0.15) is 4.98 Å². The Morgan fingerprint density at radius 1 is 1.61 bits per heavy atom. The molecule has 0 aliphatic carbocycles. The molecule has 1 aromatic heterocycles. The Labute approximate surface area is 135 Å². The molecule has 0 bridgehead atoms. The number of anilines is 1. The van der Waals surface area contributed by atoms with Crippen molar-refractivity contribution in [1.82, 2.24) is 9.55 Å². The molecule has 0 radical (unpaired) electrons. The van der Waals surface area contributed by atoms with Gasteiger partial charge in [-0.15, -0.1) is 0 Å². The number of nitrogens with two attached hydrogens (primary N) is 1. The molecule has 10 nitrogen and oxygen atoms in total. The minimum absolute atomic E-state index is 0.354. The van der Waals surface area contributed by atoms with E-state index < -0.39 is 54.8 Å². The van der Waals surface area contributed by atoms with Crippen molar-refractivity contribution >= 4 is 29.6 Å². The van der Waals surface area contributed by atoms with Gasteiger partial charge < -0.3 is 25.4 Å². The summed E-state index contributed by atoms with van der Waals surface area (Å²) in [5, 5.41) is 9.31. The van der Waals surface area contributed by atoms with Crippen molar-refractivity contribution in [2.45, 2.75) is 24.3 Å². The lowest BCUT2D eigenvalue weighted by Crippen LogP contribution is -2.45. The molecule has 5 N–H and O–H groups in total. The molecule has 0 aromatic carbocycles. The molecule has 1 fully saturated rings. The first-order valence-electron chi connectivity index (χ1n) is 5.87. The number of nitrogens with zero attached hydrogens (tertiary/aromatic N) is 2. The zero-order valence-corrected chi connectivity index (χ0v) is 13.5. The number of ether oxygens (including phenoxy) is 1. The number of alkyl halides is 2. The number of aliphatic hydroxyl groups is 1. The minimum Gasteiger partial charge on any atom is -0.384 e. The van der Waals surface area contributed by atoms with Crippen LogP contribution in [0.3, 0.4) is 0 Å². The lowest BCUT2D eigenvalue weighted by Gasteiger charge is -2.29. The molecule has 1 saturated heterocycles. The zero-order chi connectivity index (χ0) is 17.6. The van der Waals surface area contributed by atoms with E-state index in [0.29, 0.717) is 10.8 Å². The number of phosphoric ester groups is 1. The first-order chi connectivity index (χ1) is 10.5. The normalized spacial score (nSPS) is 31.5. The van der Waals surface area contributed by atoms with Crippen LogP contribution in [-0.2, 0) is 13.8 Å². The zero-order valence-electron chi connectivity index (χ0n) is 11.0. The fourth-order valence-corrected chi connectivity index (χ4v) is 3.37. The lowest BCUT2D eigenvalue weighted by atomic mass is 10.1. The maximum atomic E-state index is 14.3. The SMILES string of the molecule is Nc1nc(=O)n([C@@H]2O[C@@](CBr)(OP(=O)(O)O)[C@@H](O)[C@@H]2F)cc1F. The molecule has 14 heteroatoms. The summed E-state index contributed by atoms with van der Waals surface area (Å²) < 4.78 is 48.4. The van der Waals surface area contributed by atoms with Gasteiger partial charge in [0, 0.05) is 0 Å². The van der Waals surface area contributed by atoms with Crippen molar-refractivity contribution in [3.63, 3.8) is 0 Å². The first-order valence-corrected chi connectivity index (χ1v) is 8.52. The van der Waals surface area contributed by atoms with Crippen LogP contribution in [0.25, 0.3) is 0 Å². The van der Waals surface area contributed by atoms with Gasteiger partial charge in [-0.1, -0.05) is 15.9 Å². The predicted octanol–water partition coefficient (Wildman–Crippen LogP) is -0.607. The molecule has 1 aliphatic rings. The average molecular weight is 422 g/mol. The molecular weight excluding hydrogens is 411 g/mol. The van der Waals surface area contributed by atoms with E-state index in [1.165, 1.54) is 0 Å². The highest BCUT2D eigenvalue weighted by Gasteiger charge is 2.59. The summed E-state index contributed by atoms with van der Waals surface area (Å²) in [6.07, 6.45) is -6.01. The highest BCUT2D eigenvalue weighted by atomic mass is 79.9. The highest BCUT2D eigenvalue weighted by Crippen LogP contribution is 2.50. The fourth-order valence-electron chi connectivity index (χ4n) is 2.00. The van der Waals surface area contributed by atoms with Gasteiger partial charge in [0.1, 0.15) is 6.10 Å². The second-order valence-electron chi connectivity index (χ2n) is 4.59. The summed E-state index contributed by atoms with van der Waals surface area (Å²) in [7, 11) is -5.19. The van der Waals surface area contributed by atoms with Gasteiger partial charge in [-0.3, -0.25) is 4.57 Å². The number of hydrogen-bond donors (Lipinski definition) is 4. The van der Waals surface area contributed by atoms with Gasteiger partial charge in [-0.25, -0.2) is 22.7 Å². The van der Waals surface area contributed by atoms with Gasteiger partial charge in [-0.05, 0) is 0 Å². The van der Waals surface area contributed by atoms with Crippen molar-refractivity contribution in [1.29, 1.82) is 0 Å². The number of rotatable bonds is 4. The molecule has 130 valence electrons. The van der Waals surface area contributed by atoms with E-state index in [-0.39, 0.29) is 0 Å². The minimum atomic E-state index is -5.19. The Hall–Kier alpha value is -0.950. The van der Waals surface area contributed by atoms with E-state index in [2.05, 4.69) is 25.4 Å². The lowest BCUT2D eigenvalue weighted by molar-refractivity contribution is -0.211. The topological polar surface area (TPSA) is 157 Å². The second kappa shape index (κ2) is 6.16. The molecule has 0 saturated carbocycles. The smallest absolute Gasteiger partial charge is 0.384 e. The molecule has 0 amide bonds. The van der Waals surface area contributed by atoms with Crippen LogP contribution < -0.4 is 11.4 Å². The van der Waals surface area contributed by atoms with E-state index in [9.17, 15) is 23.2 Å². The molecule has 0 unspecified atom stereocenters. The molecule has 1 aromatic rings.